The van der Waals surface area contributed by atoms with Crippen molar-refractivity contribution in [3.63, 3.8) is 0 Å². The van der Waals surface area contributed by atoms with Crippen LogP contribution in [0.25, 0.3) is 0 Å². The smallest absolute Gasteiger partial charge is 0.183 e. The number of aliphatic hydroxyl groups excluding tert-OH is 1. The van der Waals surface area contributed by atoms with E-state index in [0.29, 0.717) is 13.2 Å². The number of rotatable bonds is 3. The highest BCUT2D eigenvalue weighted by Gasteiger charge is 2.25. The molecule has 0 bridgehead atoms. The van der Waals surface area contributed by atoms with Crippen LogP contribution in [0.1, 0.15) is 13.3 Å². The zero-order chi connectivity index (χ0) is 8.97. The van der Waals surface area contributed by atoms with Crippen molar-refractivity contribution in [2.45, 2.75) is 31.8 Å². The first-order valence-electron chi connectivity index (χ1n) is 4.18. The van der Waals surface area contributed by atoms with Gasteiger partial charge in [0, 0.05) is 7.11 Å². The molecular formula is C8H16O4. The van der Waals surface area contributed by atoms with Gasteiger partial charge in [-0.3, -0.25) is 0 Å². The van der Waals surface area contributed by atoms with Crippen molar-refractivity contribution < 1.29 is 19.3 Å². The minimum Gasteiger partial charge on any atom is -0.388 e. The van der Waals surface area contributed by atoms with Crippen LogP contribution in [0.4, 0.5) is 0 Å². The van der Waals surface area contributed by atoms with Gasteiger partial charge < -0.3 is 19.3 Å². The molecule has 0 aromatic carbocycles. The van der Waals surface area contributed by atoms with E-state index in [-0.39, 0.29) is 6.10 Å². The minimum absolute atomic E-state index is 0.0587. The number of hydrogen-bond acceptors (Lipinski definition) is 4. The van der Waals surface area contributed by atoms with Crippen molar-refractivity contribution in [3.05, 3.63) is 0 Å². The molecule has 0 aliphatic carbocycles. The number of hydrogen-bond donors (Lipinski definition) is 1. The molecule has 3 atom stereocenters. The maximum atomic E-state index is 9.17. The molecule has 3 unspecified atom stereocenters. The van der Waals surface area contributed by atoms with Gasteiger partial charge in [0.2, 0.25) is 0 Å². The summed E-state index contributed by atoms with van der Waals surface area (Å²) in [5.74, 6) is 0. The molecule has 0 aromatic heterocycles. The summed E-state index contributed by atoms with van der Waals surface area (Å²) in [4.78, 5) is 0. The first kappa shape index (κ1) is 9.92. The summed E-state index contributed by atoms with van der Waals surface area (Å²) in [6.45, 7) is 2.84. The zero-order valence-corrected chi connectivity index (χ0v) is 7.53. The molecule has 1 fully saturated rings. The first-order valence-corrected chi connectivity index (χ1v) is 4.18. The summed E-state index contributed by atoms with van der Waals surface area (Å²) in [6, 6.07) is 0. The van der Waals surface area contributed by atoms with E-state index >= 15 is 0 Å². The molecule has 1 rings (SSSR count). The van der Waals surface area contributed by atoms with Crippen molar-refractivity contribution in [2.24, 2.45) is 0 Å². The second-order valence-corrected chi connectivity index (χ2v) is 2.98. The summed E-state index contributed by atoms with van der Waals surface area (Å²) >= 11 is 0. The van der Waals surface area contributed by atoms with E-state index in [0.717, 1.165) is 6.42 Å². The zero-order valence-electron chi connectivity index (χ0n) is 7.53. The molecule has 0 aromatic rings. The van der Waals surface area contributed by atoms with Crippen LogP contribution in [0.2, 0.25) is 0 Å². The van der Waals surface area contributed by atoms with Crippen molar-refractivity contribution in [3.8, 4) is 0 Å². The van der Waals surface area contributed by atoms with Gasteiger partial charge in [-0.1, -0.05) is 0 Å². The van der Waals surface area contributed by atoms with E-state index in [1.54, 1.807) is 14.0 Å². The van der Waals surface area contributed by atoms with Crippen LogP contribution in [0, 0.1) is 0 Å². The fourth-order valence-electron chi connectivity index (χ4n) is 1.17. The molecule has 4 heteroatoms. The lowest BCUT2D eigenvalue weighted by Crippen LogP contribution is -2.40. The SMILES string of the molecule is COCC1CCOC(C(C)O)O1. The molecule has 0 saturated carbocycles. The van der Waals surface area contributed by atoms with Gasteiger partial charge in [0.1, 0.15) is 6.10 Å². The molecule has 4 nitrogen and oxygen atoms in total. The van der Waals surface area contributed by atoms with Gasteiger partial charge in [0.25, 0.3) is 0 Å². The van der Waals surface area contributed by atoms with Crippen molar-refractivity contribution in [1.82, 2.24) is 0 Å². The van der Waals surface area contributed by atoms with E-state index in [9.17, 15) is 5.11 Å². The molecule has 1 heterocycles. The molecule has 0 radical (unpaired) electrons. The van der Waals surface area contributed by atoms with Gasteiger partial charge in [-0.2, -0.15) is 0 Å². The average Bonchev–Trinajstić information content (AvgIpc) is 2.05. The Bertz CT molecular complexity index is 124. The van der Waals surface area contributed by atoms with Crippen molar-refractivity contribution in [1.29, 1.82) is 0 Å². The maximum absolute atomic E-state index is 9.17. The lowest BCUT2D eigenvalue weighted by Gasteiger charge is -2.31. The third kappa shape index (κ3) is 2.71. The Morgan fingerprint density at radius 3 is 3.00 bits per heavy atom. The molecule has 1 aliphatic rings. The predicted molar refractivity (Wildman–Crippen MR) is 42.8 cm³/mol. The third-order valence-electron chi connectivity index (χ3n) is 1.79. The fourth-order valence-corrected chi connectivity index (χ4v) is 1.17. The first-order chi connectivity index (χ1) is 5.74. The Hall–Kier alpha value is -0.160. The highest BCUT2D eigenvalue weighted by atomic mass is 16.7. The van der Waals surface area contributed by atoms with E-state index in [4.69, 9.17) is 14.2 Å². The van der Waals surface area contributed by atoms with E-state index in [1.807, 2.05) is 0 Å². The van der Waals surface area contributed by atoms with Gasteiger partial charge in [0.05, 0.1) is 19.3 Å². The Morgan fingerprint density at radius 1 is 1.67 bits per heavy atom. The molecule has 72 valence electrons. The van der Waals surface area contributed by atoms with Crippen molar-refractivity contribution >= 4 is 0 Å². The van der Waals surface area contributed by atoms with E-state index < -0.39 is 12.4 Å². The normalized spacial score (nSPS) is 33.2. The molecule has 12 heavy (non-hydrogen) atoms. The minimum atomic E-state index is -0.579. The number of ether oxygens (including phenoxy) is 3. The Morgan fingerprint density at radius 2 is 2.42 bits per heavy atom. The quantitative estimate of drug-likeness (QED) is 0.664. The fraction of sp³-hybridized carbons (Fsp3) is 1.00. The molecule has 1 saturated heterocycles. The monoisotopic (exact) mass is 176 g/mol. The standard InChI is InChI=1S/C8H16O4/c1-6(9)8-11-4-3-7(12-8)5-10-2/h6-9H,3-5H2,1-2H3. The van der Waals surface area contributed by atoms with Gasteiger partial charge in [0.15, 0.2) is 6.29 Å². The second kappa shape index (κ2) is 4.77. The molecule has 1 N–H and O–H groups in total. The van der Waals surface area contributed by atoms with Crippen molar-refractivity contribution in [2.75, 3.05) is 20.3 Å². The lowest BCUT2D eigenvalue weighted by atomic mass is 10.2. The van der Waals surface area contributed by atoms with Gasteiger partial charge in [-0.05, 0) is 13.3 Å². The van der Waals surface area contributed by atoms with Gasteiger partial charge in [-0.25, -0.2) is 0 Å². The molecule has 1 aliphatic heterocycles. The summed E-state index contributed by atoms with van der Waals surface area (Å²) in [7, 11) is 1.64. The van der Waals surface area contributed by atoms with Gasteiger partial charge in [-0.15, -0.1) is 0 Å². The van der Waals surface area contributed by atoms with Crippen LogP contribution in [0.3, 0.4) is 0 Å². The van der Waals surface area contributed by atoms with Crippen LogP contribution in [0.5, 0.6) is 0 Å². The van der Waals surface area contributed by atoms with Crippen LogP contribution in [-0.2, 0) is 14.2 Å². The summed E-state index contributed by atoms with van der Waals surface area (Å²) in [5, 5.41) is 9.17. The summed E-state index contributed by atoms with van der Waals surface area (Å²) in [5.41, 5.74) is 0. The van der Waals surface area contributed by atoms with Crippen LogP contribution >= 0.6 is 0 Å². The molecule has 0 spiro atoms. The van der Waals surface area contributed by atoms with Crippen LogP contribution in [-0.4, -0.2) is 43.9 Å². The topological polar surface area (TPSA) is 47.9 Å². The Balaban J connectivity index is 2.30. The second-order valence-electron chi connectivity index (χ2n) is 2.98. The van der Waals surface area contributed by atoms with Crippen LogP contribution < -0.4 is 0 Å². The Kier molecular flexibility index (Phi) is 3.94. The average molecular weight is 176 g/mol. The molecule has 0 amide bonds. The van der Waals surface area contributed by atoms with E-state index in [1.165, 1.54) is 0 Å². The lowest BCUT2D eigenvalue weighted by molar-refractivity contribution is -0.252. The summed E-state index contributed by atoms with van der Waals surface area (Å²) < 4.78 is 15.5. The maximum Gasteiger partial charge on any atom is 0.183 e. The Labute approximate surface area is 72.4 Å². The number of methoxy groups -OCH3 is 1. The van der Waals surface area contributed by atoms with E-state index in [2.05, 4.69) is 0 Å². The molecular weight excluding hydrogens is 160 g/mol. The highest BCUT2D eigenvalue weighted by molar-refractivity contribution is 4.66. The largest absolute Gasteiger partial charge is 0.388 e. The van der Waals surface area contributed by atoms with Gasteiger partial charge >= 0.3 is 0 Å². The number of aliphatic hydroxyl groups is 1. The summed E-state index contributed by atoms with van der Waals surface area (Å²) in [6.07, 6.45) is -0.177. The van der Waals surface area contributed by atoms with Crippen LogP contribution in [0.15, 0.2) is 0 Å². The third-order valence-corrected chi connectivity index (χ3v) is 1.79. The highest BCUT2D eigenvalue weighted by Crippen LogP contribution is 2.14. The predicted octanol–water partition coefficient (Wildman–Crippen LogP) is 0.145.